The minimum atomic E-state index is -0.475. The van der Waals surface area contributed by atoms with Crippen LogP contribution in [0.1, 0.15) is 31.7 Å². The average Bonchev–Trinajstić information content (AvgIpc) is 2.85. The standard InChI is InChI=1S/C18H19FN2O3S/c1-12-4-2-3-9-20(12)16(22)11-21-17(23)15(25-18(21)24)10-13-5-7-14(19)8-6-13/h5-8,10,12H,2-4,9,11H2,1H3/b15-10-/t12-/m0/s1. The molecule has 132 valence electrons. The zero-order chi connectivity index (χ0) is 18.0. The third kappa shape index (κ3) is 3.92. The lowest BCUT2D eigenvalue weighted by Crippen LogP contribution is -2.47. The lowest BCUT2D eigenvalue weighted by Gasteiger charge is -2.34. The molecule has 2 saturated heterocycles. The Morgan fingerprint density at radius 2 is 2.00 bits per heavy atom. The second-order valence-electron chi connectivity index (χ2n) is 6.25. The van der Waals surface area contributed by atoms with Gasteiger partial charge >= 0.3 is 0 Å². The Hall–Kier alpha value is -2.15. The van der Waals surface area contributed by atoms with Gasteiger partial charge in [-0.25, -0.2) is 4.39 Å². The summed E-state index contributed by atoms with van der Waals surface area (Å²) in [5.41, 5.74) is 0.628. The number of benzene rings is 1. The van der Waals surface area contributed by atoms with E-state index in [4.69, 9.17) is 0 Å². The molecule has 2 aliphatic heterocycles. The van der Waals surface area contributed by atoms with Gasteiger partial charge in [-0.1, -0.05) is 12.1 Å². The van der Waals surface area contributed by atoms with Crippen molar-refractivity contribution in [3.05, 3.63) is 40.6 Å². The number of hydrogen-bond acceptors (Lipinski definition) is 4. The van der Waals surface area contributed by atoms with Crippen molar-refractivity contribution in [1.82, 2.24) is 9.80 Å². The molecule has 2 heterocycles. The molecule has 0 bridgehead atoms. The van der Waals surface area contributed by atoms with Crippen LogP contribution in [0.4, 0.5) is 9.18 Å². The molecule has 3 amide bonds. The number of likely N-dealkylation sites (tertiary alicyclic amines) is 1. The van der Waals surface area contributed by atoms with E-state index in [1.54, 1.807) is 11.0 Å². The largest absolute Gasteiger partial charge is 0.338 e. The Balaban J connectivity index is 1.70. The first kappa shape index (κ1) is 17.7. The highest BCUT2D eigenvalue weighted by molar-refractivity contribution is 8.18. The maximum atomic E-state index is 13.0. The number of nitrogens with zero attached hydrogens (tertiary/aromatic N) is 2. The Kier molecular flexibility index (Phi) is 5.22. The van der Waals surface area contributed by atoms with Crippen molar-refractivity contribution in [2.45, 2.75) is 32.2 Å². The van der Waals surface area contributed by atoms with Crippen LogP contribution in [-0.2, 0) is 9.59 Å². The fraction of sp³-hybridized carbons (Fsp3) is 0.389. The Morgan fingerprint density at radius 3 is 2.68 bits per heavy atom. The SMILES string of the molecule is C[C@H]1CCCCN1C(=O)CN1C(=O)S/C(=C\c2ccc(F)cc2)C1=O. The molecule has 25 heavy (non-hydrogen) atoms. The van der Waals surface area contributed by atoms with Crippen LogP contribution in [0, 0.1) is 5.82 Å². The molecule has 1 atom stereocenters. The summed E-state index contributed by atoms with van der Waals surface area (Å²) in [6, 6.07) is 5.78. The van der Waals surface area contributed by atoms with Gasteiger partial charge in [0.25, 0.3) is 11.1 Å². The van der Waals surface area contributed by atoms with Crippen molar-refractivity contribution in [3.8, 4) is 0 Å². The number of carbonyl (C=O) groups is 3. The van der Waals surface area contributed by atoms with Gasteiger partial charge < -0.3 is 4.90 Å². The fourth-order valence-corrected chi connectivity index (χ4v) is 3.88. The molecule has 3 rings (SSSR count). The fourth-order valence-electron chi connectivity index (χ4n) is 3.04. The van der Waals surface area contributed by atoms with Crippen molar-refractivity contribution in [1.29, 1.82) is 0 Å². The molecule has 0 spiro atoms. The smallest absolute Gasteiger partial charge is 0.294 e. The molecule has 1 aromatic rings. The molecule has 7 heteroatoms. The van der Waals surface area contributed by atoms with Crippen LogP contribution < -0.4 is 0 Å². The van der Waals surface area contributed by atoms with Crippen LogP contribution in [0.15, 0.2) is 29.2 Å². The van der Waals surface area contributed by atoms with E-state index in [1.165, 1.54) is 24.3 Å². The van der Waals surface area contributed by atoms with Crippen molar-refractivity contribution >= 4 is 34.9 Å². The number of rotatable bonds is 3. The topological polar surface area (TPSA) is 57.7 Å². The molecule has 0 radical (unpaired) electrons. The molecule has 2 fully saturated rings. The molecule has 0 N–H and O–H groups in total. The van der Waals surface area contributed by atoms with Crippen LogP contribution in [0.3, 0.4) is 0 Å². The summed E-state index contributed by atoms with van der Waals surface area (Å²) in [6.45, 7) is 2.43. The summed E-state index contributed by atoms with van der Waals surface area (Å²) in [4.78, 5) is 40.0. The number of amides is 3. The molecule has 0 saturated carbocycles. The Morgan fingerprint density at radius 1 is 1.28 bits per heavy atom. The number of halogens is 1. The highest BCUT2D eigenvalue weighted by atomic mass is 32.2. The normalized spacial score (nSPS) is 22.8. The Labute approximate surface area is 149 Å². The van der Waals surface area contributed by atoms with Gasteiger partial charge in [-0.05, 0) is 61.7 Å². The van der Waals surface area contributed by atoms with E-state index >= 15 is 0 Å². The van der Waals surface area contributed by atoms with Crippen molar-refractivity contribution in [2.24, 2.45) is 0 Å². The molecule has 5 nitrogen and oxygen atoms in total. The molecule has 2 aliphatic rings. The first-order valence-corrected chi connectivity index (χ1v) is 9.08. The van der Waals surface area contributed by atoms with Crippen LogP contribution in [0.5, 0.6) is 0 Å². The molecule has 0 aliphatic carbocycles. The van der Waals surface area contributed by atoms with E-state index in [-0.39, 0.29) is 29.2 Å². The molecule has 1 aromatic carbocycles. The molecular formula is C18H19FN2O3S. The lowest BCUT2D eigenvalue weighted by atomic mass is 10.0. The van der Waals surface area contributed by atoms with Gasteiger partial charge in [0.15, 0.2) is 0 Å². The van der Waals surface area contributed by atoms with Crippen LogP contribution in [-0.4, -0.2) is 46.0 Å². The van der Waals surface area contributed by atoms with E-state index in [0.29, 0.717) is 12.1 Å². The summed E-state index contributed by atoms with van der Waals surface area (Å²) in [6.07, 6.45) is 4.52. The average molecular weight is 362 g/mol. The summed E-state index contributed by atoms with van der Waals surface area (Å²) in [7, 11) is 0. The zero-order valence-corrected chi connectivity index (χ0v) is 14.7. The highest BCUT2D eigenvalue weighted by Gasteiger charge is 2.37. The number of hydrogen-bond donors (Lipinski definition) is 0. The first-order valence-electron chi connectivity index (χ1n) is 8.26. The van der Waals surface area contributed by atoms with Gasteiger partial charge in [-0.15, -0.1) is 0 Å². The molecule has 0 unspecified atom stereocenters. The maximum absolute atomic E-state index is 13.0. The Bertz CT molecular complexity index is 732. The second-order valence-corrected chi connectivity index (χ2v) is 7.24. The molecular weight excluding hydrogens is 343 g/mol. The van der Waals surface area contributed by atoms with E-state index in [1.807, 2.05) is 6.92 Å². The summed E-state index contributed by atoms with van der Waals surface area (Å²) in [5.74, 6) is -1.04. The zero-order valence-electron chi connectivity index (χ0n) is 13.9. The first-order chi connectivity index (χ1) is 12.0. The monoisotopic (exact) mass is 362 g/mol. The third-order valence-electron chi connectivity index (χ3n) is 4.46. The van der Waals surface area contributed by atoms with Gasteiger partial charge in [0, 0.05) is 12.6 Å². The van der Waals surface area contributed by atoms with Gasteiger partial charge in [0.2, 0.25) is 5.91 Å². The van der Waals surface area contributed by atoms with Crippen LogP contribution >= 0.6 is 11.8 Å². The summed E-state index contributed by atoms with van der Waals surface area (Å²) < 4.78 is 13.0. The van der Waals surface area contributed by atoms with E-state index in [0.717, 1.165) is 35.9 Å². The number of piperidine rings is 1. The number of carbonyl (C=O) groups excluding carboxylic acids is 3. The lowest BCUT2D eigenvalue weighted by molar-refractivity contribution is -0.138. The quantitative estimate of drug-likeness (QED) is 0.775. The van der Waals surface area contributed by atoms with Gasteiger partial charge in [0.1, 0.15) is 12.4 Å². The van der Waals surface area contributed by atoms with Crippen molar-refractivity contribution in [2.75, 3.05) is 13.1 Å². The minimum Gasteiger partial charge on any atom is -0.338 e. The van der Waals surface area contributed by atoms with Gasteiger partial charge in [0.05, 0.1) is 4.91 Å². The minimum absolute atomic E-state index is 0.135. The van der Waals surface area contributed by atoms with E-state index < -0.39 is 11.1 Å². The second kappa shape index (κ2) is 7.39. The maximum Gasteiger partial charge on any atom is 0.294 e. The predicted octanol–water partition coefficient (Wildman–Crippen LogP) is 3.26. The highest BCUT2D eigenvalue weighted by Crippen LogP contribution is 2.32. The summed E-state index contributed by atoms with van der Waals surface area (Å²) in [5, 5.41) is -0.448. The van der Waals surface area contributed by atoms with E-state index in [2.05, 4.69) is 0 Å². The van der Waals surface area contributed by atoms with Crippen LogP contribution in [0.25, 0.3) is 6.08 Å². The van der Waals surface area contributed by atoms with Crippen LogP contribution in [0.2, 0.25) is 0 Å². The van der Waals surface area contributed by atoms with Gasteiger partial charge in [-0.2, -0.15) is 0 Å². The van der Waals surface area contributed by atoms with E-state index in [9.17, 15) is 18.8 Å². The van der Waals surface area contributed by atoms with Crippen molar-refractivity contribution < 1.29 is 18.8 Å². The predicted molar refractivity (Wildman–Crippen MR) is 94.1 cm³/mol. The summed E-state index contributed by atoms with van der Waals surface area (Å²) >= 11 is 0.804. The van der Waals surface area contributed by atoms with Gasteiger partial charge in [-0.3, -0.25) is 19.3 Å². The number of imide groups is 1. The third-order valence-corrected chi connectivity index (χ3v) is 5.37. The van der Waals surface area contributed by atoms with Crippen molar-refractivity contribution in [3.63, 3.8) is 0 Å². The number of thioether (sulfide) groups is 1. The molecule has 0 aromatic heterocycles.